The van der Waals surface area contributed by atoms with Crippen molar-refractivity contribution in [2.45, 2.75) is 62.6 Å². The van der Waals surface area contributed by atoms with Crippen molar-refractivity contribution in [2.75, 3.05) is 6.54 Å². The van der Waals surface area contributed by atoms with Gasteiger partial charge in [-0.2, -0.15) is 4.31 Å². The molecule has 1 aromatic carbocycles. The summed E-state index contributed by atoms with van der Waals surface area (Å²) >= 11 is 0. The highest BCUT2D eigenvalue weighted by Crippen LogP contribution is 2.55. The van der Waals surface area contributed by atoms with E-state index in [2.05, 4.69) is 31.4 Å². The van der Waals surface area contributed by atoms with Crippen LogP contribution in [-0.2, 0) is 14.8 Å². The highest BCUT2D eigenvalue weighted by molar-refractivity contribution is 7.89. The minimum Gasteiger partial charge on any atom is -0.358 e. The molecule has 2 atom stereocenters. The molecule has 0 unspecified atom stereocenters. The van der Waals surface area contributed by atoms with Gasteiger partial charge in [0.05, 0.1) is 25.1 Å². The minimum absolute atomic E-state index is 0.0715. The third-order valence-electron chi connectivity index (χ3n) is 4.87. The zero-order valence-electron chi connectivity index (χ0n) is 15.3. The summed E-state index contributed by atoms with van der Waals surface area (Å²) < 4.78 is 33.8. The molecule has 1 aromatic rings. The van der Waals surface area contributed by atoms with Gasteiger partial charge in [-0.1, -0.05) is 49.1 Å². The molecule has 0 radical (unpaired) electrons. The molecule has 0 saturated carbocycles. The highest BCUT2D eigenvalue weighted by atomic mass is 32.2. The van der Waals surface area contributed by atoms with E-state index in [0.29, 0.717) is 11.4 Å². The van der Waals surface area contributed by atoms with Gasteiger partial charge in [0, 0.05) is 0 Å². The second-order valence-electron chi connectivity index (χ2n) is 8.63. The van der Waals surface area contributed by atoms with Gasteiger partial charge in [0.25, 0.3) is 0 Å². The van der Waals surface area contributed by atoms with Gasteiger partial charge in [0.15, 0.2) is 0 Å². The molecule has 132 valence electrons. The molecular formula is C18H27NO3SSi. The molecular weight excluding hydrogens is 338 g/mol. The predicted octanol–water partition coefficient (Wildman–Crippen LogP) is 3.35. The number of epoxide rings is 1. The molecule has 6 heteroatoms. The Hall–Kier alpha value is -0.953. The molecule has 0 aliphatic carbocycles. The molecule has 2 saturated heterocycles. The summed E-state index contributed by atoms with van der Waals surface area (Å²) in [5, 5.41) is 0. The Morgan fingerprint density at radius 2 is 1.79 bits per heavy atom. The van der Waals surface area contributed by atoms with Gasteiger partial charge in [-0.25, -0.2) is 8.42 Å². The van der Waals surface area contributed by atoms with E-state index in [9.17, 15) is 8.42 Å². The number of morpholine rings is 1. The van der Waals surface area contributed by atoms with Gasteiger partial charge in [-0.05, 0) is 32.9 Å². The van der Waals surface area contributed by atoms with E-state index < -0.39 is 29.2 Å². The number of hydrogen-bond donors (Lipinski definition) is 0. The Morgan fingerprint density at radius 3 is 2.33 bits per heavy atom. The fourth-order valence-electron chi connectivity index (χ4n) is 3.41. The van der Waals surface area contributed by atoms with Crippen LogP contribution < -0.4 is 0 Å². The molecule has 2 aliphatic rings. The maximum atomic E-state index is 13.1. The number of sulfonamides is 1. The average molecular weight is 366 g/mol. The van der Waals surface area contributed by atoms with Gasteiger partial charge >= 0.3 is 0 Å². The van der Waals surface area contributed by atoms with Crippen LogP contribution in [0.1, 0.15) is 19.4 Å². The molecule has 24 heavy (non-hydrogen) atoms. The van der Waals surface area contributed by atoms with Crippen LogP contribution in [0.2, 0.25) is 19.6 Å². The molecule has 0 amide bonds. The smallest absolute Gasteiger partial charge is 0.243 e. The van der Waals surface area contributed by atoms with Crippen molar-refractivity contribution in [3.8, 4) is 0 Å². The van der Waals surface area contributed by atoms with Crippen molar-refractivity contribution in [2.24, 2.45) is 0 Å². The van der Waals surface area contributed by atoms with Gasteiger partial charge < -0.3 is 4.74 Å². The monoisotopic (exact) mass is 365 g/mol. The van der Waals surface area contributed by atoms with Crippen molar-refractivity contribution in [3.63, 3.8) is 0 Å². The van der Waals surface area contributed by atoms with Gasteiger partial charge in [-0.3, -0.25) is 0 Å². The predicted molar refractivity (Wildman–Crippen MR) is 99.2 cm³/mol. The minimum atomic E-state index is -3.53. The maximum Gasteiger partial charge on any atom is 0.243 e. The van der Waals surface area contributed by atoms with Crippen LogP contribution in [0.25, 0.3) is 0 Å². The first-order valence-electron chi connectivity index (χ1n) is 8.36. The standard InChI is InChI=1S/C18H27NO3SSi/c1-14-7-9-15(10-8-14)23(20,21)19-13-18(11-12-24(4,5)6)16(22-18)17(19,2)3/h7-12,16H,13H2,1-6H3/b12-11-/t16-,18+/m0/s1. The Labute approximate surface area is 146 Å². The van der Waals surface area contributed by atoms with E-state index in [4.69, 9.17) is 4.74 Å². The van der Waals surface area contributed by atoms with Crippen LogP contribution in [0.5, 0.6) is 0 Å². The zero-order valence-corrected chi connectivity index (χ0v) is 17.1. The number of fused-ring (bicyclic) bond motifs is 1. The van der Waals surface area contributed by atoms with E-state index in [0.717, 1.165) is 5.56 Å². The van der Waals surface area contributed by atoms with Crippen LogP contribution in [-0.4, -0.2) is 44.6 Å². The van der Waals surface area contributed by atoms with Crippen LogP contribution in [0.3, 0.4) is 0 Å². The molecule has 2 aliphatic heterocycles. The van der Waals surface area contributed by atoms with Crippen LogP contribution in [0.15, 0.2) is 40.9 Å². The highest BCUT2D eigenvalue weighted by Gasteiger charge is 2.72. The van der Waals surface area contributed by atoms with Crippen molar-refractivity contribution >= 4 is 18.1 Å². The summed E-state index contributed by atoms with van der Waals surface area (Å²) in [5.74, 6) is 0. The van der Waals surface area contributed by atoms with Crippen molar-refractivity contribution in [3.05, 3.63) is 41.6 Å². The van der Waals surface area contributed by atoms with Crippen LogP contribution in [0.4, 0.5) is 0 Å². The summed E-state index contributed by atoms with van der Waals surface area (Å²) in [6, 6.07) is 7.06. The van der Waals surface area contributed by atoms with Crippen LogP contribution >= 0.6 is 0 Å². The summed E-state index contributed by atoms with van der Waals surface area (Å²) in [6.07, 6.45) is 2.05. The largest absolute Gasteiger partial charge is 0.358 e. The molecule has 3 rings (SSSR count). The first-order valence-corrected chi connectivity index (χ1v) is 13.4. The second kappa shape index (κ2) is 5.27. The average Bonchev–Trinajstić information content (AvgIpc) is 3.13. The van der Waals surface area contributed by atoms with E-state index in [1.54, 1.807) is 16.4 Å². The van der Waals surface area contributed by atoms with E-state index in [-0.39, 0.29) is 6.10 Å². The summed E-state index contributed by atoms with van der Waals surface area (Å²) in [5.41, 5.74) is 2.32. The Balaban J connectivity index is 1.93. The zero-order chi connectivity index (χ0) is 18.0. The second-order valence-corrected chi connectivity index (χ2v) is 15.6. The molecule has 4 nitrogen and oxygen atoms in total. The number of hydrogen-bond acceptors (Lipinski definition) is 3. The van der Waals surface area contributed by atoms with E-state index >= 15 is 0 Å². The summed E-state index contributed by atoms with van der Waals surface area (Å²) in [6.45, 7) is 13.0. The van der Waals surface area contributed by atoms with Crippen molar-refractivity contribution in [1.29, 1.82) is 0 Å². The molecule has 0 N–H and O–H groups in total. The first kappa shape index (κ1) is 17.9. The lowest BCUT2D eigenvalue weighted by atomic mass is 9.97. The number of benzene rings is 1. The molecule has 0 spiro atoms. The number of nitrogens with zero attached hydrogens (tertiary/aromatic N) is 1. The van der Waals surface area contributed by atoms with Gasteiger partial charge in [-0.15, -0.1) is 0 Å². The van der Waals surface area contributed by atoms with E-state index in [1.165, 1.54) is 0 Å². The third-order valence-corrected chi connectivity index (χ3v) is 8.09. The lowest BCUT2D eigenvalue weighted by molar-refractivity contribution is 0.141. The van der Waals surface area contributed by atoms with Crippen molar-refractivity contribution in [1.82, 2.24) is 4.31 Å². The number of ether oxygens (including phenoxy) is 1. The SMILES string of the molecule is Cc1ccc(S(=O)(=O)N2C[C@@]3(/C=C\[Si](C)(C)C)O[C@H]3C2(C)C)cc1. The molecule has 0 aromatic heterocycles. The van der Waals surface area contributed by atoms with Crippen LogP contribution in [0, 0.1) is 6.92 Å². The number of rotatable bonds is 4. The topological polar surface area (TPSA) is 49.9 Å². The normalized spacial score (nSPS) is 29.8. The van der Waals surface area contributed by atoms with Gasteiger partial charge in [0.2, 0.25) is 10.0 Å². The molecule has 2 heterocycles. The third kappa shape index (κ3) is 2.90. The molecule has 2 fully saturated rings. The Bertz CT molecular complexity index is 777. The Morgan fingerprint density at radius 1 is 1.21 bits per heavy atom. The van der Waals surface area contributed by atoms with Gasteiger partial charge in [0.1, 0.15) is 11.7 Å². The fraction of sp³-hybridized carbons (Fsp3) is 0.556. The maximum absolute atomic E-state index is 13.1. The first-order chi connectivity index (χ1) is 10.9. The summed E-state index contributed by atoms with van der Waals surface area (Å²) in [7, 11) is -4.88. The summed E-state index contributed by atoms with van der Waals surface area (Å²) in [4.78, 5) is 0.354. The Kier molecular flexibility index (Phi) is 3.92. The molecule has 0 bridgehead atoms. The number of aryl methyl sites for hydroxylation is 1. The fourth-order valence-corrected chi connectivity index (χ4v) is 6.01. The lowest BCUT2D eigenvalue weighted by Gasteiger charge is -2.32. The quantitative estimate of drug-likeness (QED) is 0.607. The van der Waals surface area contributed by atoms with E-state index in [1.807, 2.05) is 32.9 Å². The van der Waals surface area contributed by atoms with Crippen molar-refractivity contribution < 1.29 is 13.2 Å². The lowest BCUT2D eigenvalue weighted by Crippen LogP contribution is -2.47.